The van der Waals surface area contributed by atoms with Crippen LogP contribution in [0.5, 0.6) is 0 Å². The van der Waals surface area contributed by atoms with Gasteiger partial charge < -0.3 is 14.6 Å². The van der Waals surface area contributed by atoms with Crippen LogP contribution in [0.4, 0.5) is 0 Å². The maximum absolute atomic E-state index is 11.8. The average Bonchev–Trinajstić information content (AvgIpc) is 2.60. The lowest BCUT2D eigenvalue weighted by Crippen LogP contribution is -2.34. The third-order valence-electron chi connectivity index (χ3n) is 1.79. The molecule has 1 rings (SSSR count). The fraction of sp³-hybridized carbons (Fsp3) is 0.375. The molecule has 0 aromatic carbocycles. The van der Waals surface area contributed by atoms with Crippen LogP contribution >= 0.6 is 15.9 Å². The van der Waals surface area contributed by atoms with Crippen LogP contribution in [0.1, 0.15) is 17.5 Å². The molecule has 0 unspecified atom stereocenters. The number of halogens is 1. The Morgan fingerprint density at radius 1 is 1.65 bits per heavy atom. The van der Waals surface area contributed by atoms with Crippen LogP contribution in [0.25, 0.3) is 0 Å². The molecule has 0 saturated heterocycles. The summed E-state index contributed by atoms with van der Waals surface area (Å²) in [4.78, 5) is 10.3. The number of furan rings is 1. The van der Waals surface area contributed by atoms with Crippen LogP contribution < -0.4 is 4.72 Å². The largest absolute Gasteiger partial charge is 0.475 e. The summed E-state index contributed by atoms with van der Waals surface area (Å²) in [7, 11) is -3.93. The van der Waals surface area contributed by atoms with Crippen molar-refractivity contribution in [2.24, 2.45) is 0 Å². The number of aromatic carboxylic acids is 1. The number of carboxylic acids is 1. The first-order chi connectivity index (χ1) is 7.77. The summed E-state index contributed by atoms with van der Waals surface area (Å²) in [5.74, 6) is -1.86. The number of carbonyl (C=O) groups is 1. The molecular formula is C8H10BrNO6S. The number of aliphatic hydroxyl groups is 1. The zero-order valence-corrected chi connectivity index (χ0v) is 11.1. The molecule has 0 aliphatic carbocycles. The lowest BCUT2D eigenvalue weighted by atomic mass is 10.4. The average molecular weight is 328 g/mol. The number of hydrogen-bond acceptors (Lipinski definition) is 5. The van der Waals surface area contributed by atoms with Crippen molar-refractivity contribution < 1.29 is 27.8 Å². The van der Waals surface area contributed by atoms with E-state index in [1.807, 2.05) is 0 Å². The molecule has 0 radical (unpaired) electrons. The van der Waals surface area contributed by atoms with Crippen molar-refractivity contribution in [2.45, 2.75) is 17.9 Å². The molecule has 0 aliphatic heterocycles. The van der Waals surface area contributed by atoms with Gasteiger partial charge in [-0.2, -0.15) is 0 Å². The van der Waals surface area contributed by atoms with E-state index >= 15 is 0 Å². The highest BCUT2D eigenvalue weighted by Gasteiger charge is 2.25. The fourth-order valence-electron chi connectivity index (χ4n) is 1.01. The van der Waals surface area contributed by atoms with E-state index in [1.165, 1.54) is 6.92 Å². The molecule has 0 fully saturated rings. The maximum Gasteiger partial charge on any atom is 0.371 e. The molecule has 17 heavy (non-hydrogen) atoms. The van der Waals surface area contributed by atoms with Gasteiger partial charge in [0.05, 0.1) is 6.61 Å². The first-order valence-electron chi connectivity index (χ1n) is 4.43. The summed E-state index contributed by atoms with van der Waals surface area (Å²) in [5.41, 5.74) is 0. The van der Waals surface area contributed by atoms with Crippen LogP contribution in [0.2, 0.25) is 0 Å². The van der Waals surface area contributed by atoms with Gasteiger partial charge in [-0.25, -0.2) is 17.9 Å². The number of nitrogens with one attached hydrogen (secondary N) is 1. The molecule has 3 N–H and O–H groups in total. The number of carboxylic acid groups (broad SMARTS) is 1. The topological polar surface area (TPSA) is 117 Å². The van der Waals surface area contributed by atoms with Crippen LogP contribution in [0.3, 0.4) is 0 Å². The van der Waals surface area contributed by atoms with E-state index in [-0.39, 0.29) is 16.2 Å². The first-order valence-corrected chi connectivity index (χ1v) is 6.71. The Balaban J connectivity index is 3.11. The zero-order valence-electron chi connectivity index (χ0n) is 8.68. The molecule has 0 saturated carbocycles. The summed E-state index contributed by atoms with van der Waals surface area (Å²) in [6.45, 7) is 1.09. The van der Waals surface area contributed by atoms with Crippen molar-refractivity contribution in [1.82, 2.24) is 4.72 Å². The highest BCUT2D eigenvalue weighted by atomic mass is 79.9. The highest BCUT2D eigenvalue weighted by molar-refractivity contribution is 9.10. The number of rotatable bonds is 5. The van der Waals surface area contributed by atoms with E-state index in [1.54, 1.807) is 0 Å². The summed E-state index contributed by atoms with van der Waals surface area (Å²) in [6, 6.07) is 0.203. The van der Waals surface area contributed by atoms with Gasteiger partial charge >= 0.3 is 5.97 Å². The third kappa shape index (κ3) is 3.28. The molecule has 1 atom stereocenters. The second-order valence-corrected chi connectivity index (χ2v) is 5.66. The molecular weight excluding hydrogens is 318 g/mol. The van der Waals surface area contributed by atoms with E-state index in [4.69, 9.17) is 14.6 Å². The molecule has 1 heterocycles. The zero-order chi connectivity index (χ0) is 13.2. The minimum absolute atomic E-state index is 0.201. The Morgan fingerprint density at radius 3 is 2.65 bits per heavy atom. The molecule has 1 aromatic rings. The number of hydrogen-bond donors (Lipinski definition) is 3. The van der Waals surface area contributed by atoms with Gasteiger partial charge in [-0.3, -0.25) is 0 Å². The molecule has 0 amide bonds. The predicted octanol–water partition coefficient (Wildman–Crippen LogP) is 0.399. The number of sulfonamides is 1. The van der Waals surface area contributed by atoms with Gasteiger partial charge in [-0.05, 0) is 22.9 Å². The van der Waals surface area contributed by atoms with Crippen molar-refractivity contribution in [1.29, 1.82) is 0 Å². The Morgan fingerprint density at radius 2 is 2.24 bits per heavy atom. The molecule has 0 bridgehead atoms. The van der Waals surface area contributed by atoms with Crippen LogP contribution in [-0.2, 0) is 10.0 Å². The van der Waals surface area contributed by atoms with Crippen LogP contribution in [-0.4, -0.2) is 37.2 Å². The van der Waals surface area contributed by atoms with Crippen molar-refractivity contribution in [3.63, 3.8) is 0 Å². The van der Waals surface area contributed by atoms with E-state index in [9.17, 15) is 13.2 Å². The van der Waals surface area contributed by atoms with Gasteiger partial charge in [0.25, 0.3) is 0 Å². The highest BCUT2D eigenvalue weighted by Crippen LogP contribution is 2.26. The third-order valence-corrected chi connectivity index (χ3v) is 4.23. The minimum atomic E-state index is -3.93. The van der Waals surface area contributed by atoms with Gasteiger partial charge in [0.15, 0.2) is 4.67 Å². The Kier molecular flexibility index (Phi) is 4.31. The minimum Gasteiger partial charge on any atom is -0.475 e. The Labute approximate surface area is 106 Å². The van der Waals surface area contributed by atoms with E-state index in [2.05, 4.69) is 20.7 Å². The molecule has 96 valence electrons. The van der Waals surface area contributed by atoms with Crippen molar-refractivity contribution in [3.05, 3.63) is 16.5 Å². The summed E-state index contributed by atoms with van der Waals surface area (Å²) < 4.78 is 30.2. The Hall–Kier alpha value is -0.900. The van der Waals surface area contributed by atoms with Crippen LogP contribution in [0, 0.1) is 0 Å². The van der Waals surface area contributed by atoms with Gasteiger partial charge in [0.1, 0.15) is 4.90 Å². The molecule has 0 aliphatic rings. The molecule has 1 aromatic heterocycles. The number of aliphatic hydroxyl groups excluding tert-OH is 1. The van der Waals surface area contributed by atoms with E-state index in [0.29, 0.717) is 0 Å². The van der Waals surface area contributed by atoms with Crippen LogP contribution in [0.15, 0.2) is 20.0 Å². The van der Waals surface area contributed by atoms with Crippen molar-refractivity contribution >= 4 is 31.9 Å². The van der Waals surface area contributed by atoms with Gasteiger partial charge in [-0.1, -0.05) is 0 Å². The normalized spacial score (nSPS) is 13.6. The second kappa shape index (κ2) is 5.17. The predicted molar refractivity (Wildman–Crippen MR) is 60.2 cm³/mol. The van der Waals surface area contributed by atoms with Gasteiger partial charge in [-0.15, -0.1) is 0 Å². The Bertz CT molecular complexity index is 522. The lowest BCUT2D eigenvalue weighted by Gasteiger charge is -2.09. The van der Waals surface area contributed by atoms with Crippen molar-refractivity contribution in [3.8, 4) is 0 Å². The van der Waals surface area contributed by atoms with Gasteiger partial charge in [0.2, 0.25) is 15.8 Å². The SMILES string of the molecule is C[C@@H](CO)NS(=O)(=O)c1cc(C(=O)O)oc1Br. The molecule has 7 nitrogen and oxygen atoms in total. The van der Waals surface area contributed by atoms with E-state index < -0.39 is 27.8 Å². The molecule has 9 heteroatoms. The van der Waals surface area contributed by atoms with E-state index in [0.717, 1.165) is 6.07 Å². The second-order valence-electron chi connectivity index (χ2n) is 3.26. The van der Waals surface area contributed by atoms with Gasteiger partial charge in [0, 0.05) is 12.1 Å². The fourth-order valence-corrected chi connectivity index (χ4v) is 3.18. The monoisotopic (exact) mass is 327 g/mol. The molecule has 0 spiro atoms. The summed E-state index contributed by atoms with van der Waals surface area (Å²) in [5, 5.41) is 17.4. The first kappa shape index (κ1) is 14.2. The smallest absolute Gasteiger partial charge is 0.371 e. The standard InChI is InChI=1S/C8H10BrNO6S/c1-4(3-11)10-17(14,15)6-2-5(8(12)13)16-7(6)9/h2,4,10-11H,3H2,1H3,(H,12,13)/t4-/m0/s1. The summed E-state index contributed by atoms with van der Waals surface area (Å²) in [6.07, 6.45) is 0. The quantitative estimate of drug-likeness (QED) is 0.720. The lowest BCUT2D eigenvalue weighted by molar-refractivity contribution is 0.0661. The summed E-state index contributed by atoms with van der Waals surface area (Å²) >= 11 is 2.82. The van der Waals surface area contributed by atoms with Crippen molar-refractivity contribution in [2.75, 3.05) is 6.61 Å². The maximum atomic E-state index is 11.8.